The van der Waals surface area contributed by atoms with Crippen LogP contribution in [0, 0.1) is 0 Å². The van der Waals surface area contributed by atoms with Gasteiger partial charge < -0.3 is 20.1 Å². The van der Waals surface area contributed by atoms with E-state index in [-0.39, 0.29) is 18.2 Å². The van der Waals surface area contributed by atoms with Crippen LogP contribution < -0.4 is 15.4 Å². The molecular weight excluding hydrogens is 256 g/mol. The van der Waals surface area contributed by atoms with Gasteiger partial charge in [-0.05, 0) is 51.0 Å². The van der Waals surface area contributed by atoms with Crippen molar-refractivity contribution in [3.8, 4) is 5.75 Å². The van der Waals surface area contributed by atoms with E-state index >= 15 is 0 Å². The van der Waals surface area contributed by atoms with Crippen LogP contribution in [-0.2, 0) is 4.74 Å². The van der Waals surface area contributed by atoms with E-state index in [2.05, 4.69) is 10.6 Å². The van der Waals surface area contributed by atoms with Gasteiger partial charge in [0.1, 0.15) is 5.75 Å². The van der Waals surface area contributed by atoms with Crippen molar-refractivity contribution in [2.45, 2.75) is 38.8 Å². The summed E-state index contributed by atoms with van der Waals surface area (Å²) in [6.07, 6.45) is 2.20. The Kier molecular flexibility index (Phi) is 5.24. The second kappa shape index (κ2) is 7.14. The zero-order valence-electron chi connectivity index (χ0n) is 12.0. The third-order valence-corrected chi connectivity index (χ3v) is 3.30. The van der Waals surface area contributed by atoms with Gasteiger partial charge in [0.2, 0.25) is 0 Å². The number of urea groups is 1. The molecule has 0 saturated carbocycles. The molecule has 2 N–H and O–H groups in total. The molecule has 1 aliphatic rings. The van der Waals surface area contributed by atoms with Crippen LogP contribution in [0.1, 0.15) is 26.7 Å². The van der Waals surface area contributed by atoms with E-state index in [4.69, 9.17) is 9.47 Å². The maximum Gasteiger partial charge on any atom is 0.319 e. The fourth-order valence-corrected chi connectivity index (χ4v) is 2.26. The first-order valence-electron chi connectivity index (χ1n) is 7.11. The average Bonchev–Trinajstić information content (AvgIpc) is 2.95. The second-order valence-electron chi connectivity index (χ2n) is 4.90. The summed E-state index contributed by atoms with van der Waals surface area (Å²) in [5, 5.41) is 5.71. The van der Waals surface area contributed by atoms with Gasteiger partial charge in [-0.3, -0.25) is 0 Å². The molecule has 1 aromatic carbocycles. The van der Waals surface area contributed by atoms with Crippen molar-refractivity contribution >= 4 is 11.7 Å². The average molecular weight is 278 g/mol. The molecule has 0 aromatic heterocycles. The molecule has 110 valence electrons. The summed E-state index contributed by atoms with van der Waals surface area (Å²) in [7, 11) is 0. The predicted octanol–water partition coefficient (Wildman–Crippen LogP) is 2.77. The van der Waals surface area contributed by atoms with E-state index in [9.17, 15) is 4.79 Å². The lowest BCUT2D eigenvalue weighted by molar-refractivity contribution is 0.0868. The van der Waals surface area contributed by atoms with Crippen LogP contribution in [0.15, 0.2) is 24.3 Å². The fraction of sp³-hybridized carbons (Fsp3) is 0.533. The number of anilines is 1. The molecule has 2 unspecified atom stereocenters. The van der Waals surface area contributed by atoms with Gasteiger partial charge in [0.15, 0.2) is 0 Å². The number of ether oxygens (including phenoxy) is 2. The van der Waals surface area contributed by atoms with Gasteiger partial charge in [0.25, 0.3) is 0 Å². The van der Waals surface area contributed by atoms with E-state index in [1.54, 1.807) is 0 Å². The van der Waals surface area contributed by atoms with Crippen LogP contribution in [0.5, 0.6) is 5.75 Å². The first kappa shape index (κ1) is 14.7. The molecule has 2 amide bonds. The van der Waals surface area contributed by atoms with Gasteiger partial charge in [-0.2, -0.15) is 0 Å². The number of benzene rings is 1. The second-order valence-corrected chi connectivity index (χ2v) is 4.90. The molecule has 0 radical (unpaired) electrons. The van der Waals surface area contributed by atoms with Crippen LogP contribution in [0.4, 0.5) is 10.5 Å². The molecule has 0 spiro atoms. The highest BCUT2D eigenvalue weighted by Crippen LogP contribution is 2.17. The molecular formula is C15H22N2O3. The van der Waals surface area contributed by atoms with Crippen molar-refractivity contribution in [3.63, 3.8) is 0 Å². The number of carbonyl (C=O) groups excluding carboxylic acids is 1. The molecule has 0 bridgehead atoms. The quantitative estimate of drug-likeness (QED) is 0.870. The molecule has 1 fully saturated rings. The molecule has 1 heterocycles. The molecule has 2 atom stereocenters. The summed E-state index contributed by atoms with van der Waals surface area (Å²) >= 11 is 0. The lowest BCUT2D eigenvalue weighted by Gasteiger charge is -2.20. The highest BCUT2D eigenvalue weighted by Gasteiger charge is 2.23. The molecule has 0 aliphatic carbocycles. The number of hydrogen-bond acceptors (Lipinski definition) is 3. The zero-order chi connectivity index (χ0) is 14.4. The molecule has 5 heteroatoms. The highest BCUT2D eigenvalue weighted by atomic mass is 16.5. The number of rotatable bonds is 5. The number of nitrogens with one attached hydrogen (secondary N) is 2. The van der Waals surface area contributed by atoms with Gasteiger partial charge in [0, 0.05) is 12.3 Å². The Bertz CT molecular complexity index is 427. The number of amides is 2. The minimum absolute atomic E-state index is 0.0141. The van der Waals surface area contributed by atoms with E-state index in [0.717, 1.165) is 30.9 Å². The third-order valence-electron chi connectivity index (χ3n) is 3.30. The summed E-state index contributed by atoms with van der Waals surface area (Å²) in [6.45, 7) is 5.32. The van der Waals surface area contributed by atoms with Crippen LogP contribution in [0.3, 0.4) is 0 Å². The Balaban J connectivity index is 1.81. The smallest absolute Gasteiger partial charge is 0.319 e. The van der Waals surface area contributed by atoms with Crippen molar-refractivity contribution in [1.29, 1.82) is 0 Å². The standard InChI is InChI=1S/C15H22N2O3/c1-3-19-13-8-6-12(7-9-13)17-15(18)16-11(2)14-5-4-10-20-14/h6-9,11,14H,3-5,10H2,1-2H3,(H2,16,17,18). The van der Waals surface area contributed by atoms with E-state index < -0.39 is 0 Å². The summed E-state index contributed by atoms with van der Waals surface area (Å²) in [4.78, 5) is 11.9. The summed E-state index contributed by atoms with van der Waals surface area (Å²) in [5.74, 6) is 0.797. The predicted molar refractivity (Wildman–Crippen MR) is 78.2 cm³/mol. The SMILES string of the molecule is CCOc1ccc(NC(=O)NC(C)C2CCCO2)cc1. The molecule has 1 saturated heterocycles. The first-order valence-corrected chi connectivity index (χ1v) is 7.11. The lowest BCUT2D eigenvalue weighted by Crippen LogP contribution is -2.42. The fourth-order valence-electron chi connectivity index (χ4n) is 2.26. The topological polar surface area (TPSA) is 59.6 Å². The summed E-state index contributed by atoms with van der Waals surface area (Å²) in [5.41, 5.74) is 0.741. The maximum absolute atomic E-state index is 11.9. The molecule has 1 aliphatic heterocycles. The van der Waals surface area contributed by atoms with Gasteiger partial charge >= 0.3 is 6.03 Å². The Labute approximate surface area is 119 Å². The van der Waals surface area contributed by atoms with Crippen molar-refractivity contribution < 1.29 is 14.3 Å². The largest absolute Gasteiger partial charge is 0.494 e. The maximum atomic E-state index is 11.9. The molecule has 20 heavy (non-hydrogen) atoms. The van der Waals surface area contributed by atoms with Gasteiger partial charge in [-0.25, -0.2) is 4.79 Å². The monoisotopic (exact) mass is 278 g/mol. The highest BCUT2D eigenvalue weighted by molar-refractivity contribution is 5.89. The summed E-state index contributed by atoms with van der Waals surface area (Å²) in [6, 6.07) is 7.12. The van der Waals surface area contributed by atoms with Crippen LogP contribution in [0.25, 0.3) is 0 Å². The minimum atomic E-state index is -0.211. The van der Waals surface area contributed by atoms with Crippen molar-refractivity contribution in [1.82, 2.24) is 5.32 Å². The Morgan fingerprint density at radius 2 is 2.20 bits per heavy atom. The normalized spacial score (nSPS) is 19.4. The zero-order valence-corrected chi connectivity index (χ0v) is 12.0. The van der Waals surface area contributed by atoms with Crippen LogP contribution in [-0.4, -0.2) is 31.4 Å². The van der Waals surface area contributed by atoms with Gasteiger partial charge in [0.05, 0.1) is 18.8 Å². The lowest BCUT2D eigenvalue weighted by atomic mass is 10.1. The minimum Gasteiger partial charge on any atom is -0.494 e. The molecule has 2 rings (SSSR count). The van der Waals surface area contributed by atoms with Crippen molar-refractivity contribution in [2.75, 3.05) is 18.5 Å². The first-order chi connectivity index (χ1) is 9.69. The Morgan fingerprint density at radius 1 is 1.45 bits per heavy atom. The third kappa shape index (κ3) is 4.13. The summed E-state index contributed by atoms with van der Waals surface area (Å²) < 4.78 is 10.9. The van der Waals surface area contributed by atoms with E-state index in [0.29, 0.717) is 6.61 Å². The van der Waals surface area contributed by atoms with Crippen LogP contribution in [0.2, 0.25) is 0 Å². The number of hydrogen-bond donors (Lipinski definition) is 2. The van der Waals surface area contributed by atoms with Gasteiger partial charge in [-0.15, -0.1) is 0 Å². The van der Waals surface area contributed by atoms with Crippen LogP contribution >= 0.6 is 0 Å². The Hall–Kier alpha value is -1.75. The Morgan fingerprint density at radius 3 is 2.80 bits per heavy atom. The van der Waals surface area contributed by atoms with Gasteiger partial charge in [-0.1, -0.05) is 0 Å². The van der Waals surface area contributed by atoms with Crippen molar-refractivity contribution in [3.05, 3.63) is 24.3 Å². The van der Waals surface area contributed by atoms with E-state index in [1.165, 1.54) is 0 Å². The molecule has 1 aromatic rings. The van der Waals surface area contributed by atoms with Crippen molar-refractivity contribution in [2.24, 2.45) is 0 Å². The molecule has 5 nitrogen and oxygen atoms in total. The van der Waals surface area contributed by atoms with E-state index in [1.807, 2.05) is 38.1 Å². The number of carbonyl (C=O) groups is 1.